The van der Waals surface area contributed by atoms with E-state index < -0.39 is 0 Å². The van der Waals surface area contributed by atoms with Gasteiger partial charge in [0.2, 0.25) is 11.8 Å². The summed E-state index contributed by atoms with van der Waals surface area (Å²) >= 11 is 1.42. The molecule has 2 aliphatic rings. The molecule has 0 saturated carbocycles. The number of amides is 2. The molecule has 2 amide bonds. The van der Waals surface area contributed by atoms with Crippen LogP contribution in [0.2, 0.25) is 0 Å². The highest BCUT2D eigenvalue weighted by Gasteiger charge is 2.33. The first-order valence-electron chi connectivity index (χ1n) is 9.27. The molecule has 2 atom stereocenters. The van der Waals surface area contributed by atoms with Gasteiger partial charge >= 0.3 is 0 Å². The van der Waals surface area contributed by atoms with Crippen LogP contribution in [0.5, 0.6) is 0 Å². The van der Waals surface area contributed by atoms with Gasteiger partial charge in [0.1, 0.15) is 0 Å². The molecule has 2 saturated heterocycles. The van der Waals surface area contributed by atoms with Gasteiger partial charge in [-0.1, -0.05) is 6.92 Å². The number of likely N-dealkylation sites (tertiary alicyclic amines) is 2. The topological polar surface area (TPSA) is 65.5 Å². The lowest BCUT2D eigenvalue weighted by atomic mass is 9.92. The zero-order valence-electron chi connectivity index (χ0n) is 15.1. The molecule has 7 heteroatoms. The Morgan fingerprint density at radius 2 is 2.04 bits per heavy atom. The van der Waals surface area contributed by atoms with Gasteiger partial charge in [-0.25, -0.2) is 4.98 Å². The highest BCUT2D eigenvalue weighted by atomic mass is 32.1. The molecule has 1 aromatic heterocycles. The summed E-state index contributed by atoms with van der Waals surface area (Å²) in [7, 11) is 0. The average molecular weight is 365 g/mol. The Morgan fingerprint density at radius 3 is 2.68 bits per heavy atom. The van der Waals surface area contributed by atoms with Crippen LogP contribution >= 0.6 is 11.3 Å². The van der Waals surface area contributed by atoms with Gasteiger partial charge in [-0.15, -0.1) is 11.3 Å². The largest absolute Gasteiger partial charge is 0.342 e. The summed E-state index contributed by atoms with van der Waals surface area (Å²) in [5, 5.41) is 5.35. The normalized spacial score (nSPS) is 24.1. The number of piperidine rings is 2. The molecule has 3 rings (SSSR count). The van der Waals surface area contributed by atoms with Crippen molar-refractivity contribution >= 4 is 28.3 Å². The monoisotopic (exact) mass is 364 g/mol. The van der Waals surface area contributed by atoms with Crippen LogP contribution in [0.25, 0.3) is 0 Å². The van der Waals surface area contributed by atoms with Crippen LogP contribution in [-0.4, -0.2) is 58.8 Å². The summed E-state index contributed by atoms with van der Waals surface area (Å²) in [6.45, 7) is 7.57. The highest BCUT2D eigenvalue weighted by Crippen LogP contribution is 2.24. The molecule has 25 heavy (non-hydrogen) atoms. The summed E-state index contributed by atoms with van der Waals surface area (Å²) < 4.78 is 0. The van der Waals surface area contributed by atoms with Crippen molar-refractivity contribution in [3.05, 3.63) is 11.6 Å². The van der Waals surface area contributed by atoms with Crippen molar-refractivity contribution < 1.29 is 9.59 Å². The number of thiazole rings is 1. The SMILES string of the molecule is C[C@@H]1CCCN(C(=O)C2CCN([C@@H](C)C(=O)Nc3nccs3)CC2)C1. The van der Waals surface area contributed by atoms with Crippen LogP contribution in [0.1, 0.15) is 39.5 Å². The standard InChI is InChI=1S/C18H28N4O2S/c1-13-4-3-8-22(12-13)17(24)15-5-9-21(10-6-15)14(2)16(23)20-18-19-7-11-25-18/h7,11,13-15H,3-6,8-10,12H2,1-2H3,(H,19,20,23)/t13-,14+/m1/s1. The van der Waals surface area contributed by atoms with Gasteiger partial charge in [0, 0.05) is 30.6 Å². The third kappa shape index (κ3) is 4.58. The molecule has 0 unspecified atom stereocenters. The van der Waals surface area contributed by atoms with Crippen LogP contribution < -0.4 is 5.32 Å². The number of nitrogens with zero attached hydrogens (tertiary/aromatic N) is 3. The Bertz CT molecular complexity index is 584. The maximum atomic E-state index is 12.7. The lowest BCUT2D eigenvalue weighted by Gasteiger charge is -2.38. The first-order chi connectivity index (χ1) is 12.0. The van der Waals surface area contributed by atoms with E-state index in [-0.39, 0.29) is 17.9 Å². The first-order valence-corrected chi connectivity index (χ1v) is 10.2. The Morgan fingerprint density at radius 1 is 1.28 bits per heavy atom. The quantitative estimate of drug-likeness (QED) is 0.891. The summed E-state index contributed by atoms with van der Waals surface area (Å²) in [6.07, 6.45) is 5.73. The second-order valence-electron chi connectivity index (χ2n) is 7.34. The molecule has 0 bridgehead atoms. The summed E-state index contributed by atoms with van der Waals surface area (Å²) in [6, 6.07) is -0.199. The molecule has 6 nitrogen and oxygen atoms in total. The van der Waals surface area contributed by atoms with Crippen molar-refractivity contribution in [1.29, 1.82) is 0 Å². The third-order valence-corrected chi connectivity index (χ3v) is 6.13. The molecule has 138 valence electrons. The minimum atomic E-state index is -0.199. The second-order valence-corrected chi connectivity index (χ2v) is 8.24. The summed E-state index contributed by atoms with van der Waals surface area (Å²) in [5.74, 6) is 1.04. The van der Waals surface area contributed by atoms with E-state index in [0.29, 0.717) is 17.0 Å². The molecule has 0 aliphatic carbocycles. The summed E-state index contributed by atoms with van der Waals surface area (Å²) in [5.41, 5.74) is 0. The predicted molar refractivity (Wildman–Crippen MR) is 99.5 cm³/mol. The molecular formula is C18H28N4O2S. The Kier molecular flexibility index (Phi) is 6.06. The second kappa shape index (κ2) is 8.27. The van der Waals surface area contributed by atoms with E-state index in [2.05, 4.69) is 27.0 Å². The maximum absolute atomic E-state index is 12.7. The van der Waals surface area contributed by atoms with Crippen molar-refractivity contribution in [2.75, 3.05) is 31.5 Å². The molecule has 0 radical (unpaired) electrons. The predicted octanol–water partition coefficient (Wildman–Crippen LogP) is 2.44. The van der Waals surface area contributed by atoms with Gasteiger partial charge < -0.3 is 10.2 Å². The average Bonchev–Trinajstić information content (AvgIpc) is 3.13. The number of aromatic nitrogens is 1. The number of hydrogen-bond acceptors (Lipinski definition) is 5. The van der Waals surface area contributed by atoms with E-state index in [1.807, 2.05) is 12.3 Å². The Balaban J connectivity index is 1.47. The van der Waals surface area contributed by atoms with Crippen LogP contribution in [0, 0.1) is 11.8 Å². The molecule has 1 N–H and O–H groups in total. The van der Waals surface area contributed by atoms with Gasteiger partial charge in [0.15, 0.2) is 5.13 Å². The first kappa shape index (κ1) is 18.3. The molecular weight excluding hydrogens is 336 g/mol. The lowest BCUT2D eigenvalue weighted by Crippen LogP contribution is -2.49. The lowest BCUT2D eigenvalue weighted by molar-refractivity contribution is -0.139. The number of rotatable bonds is 4. The molecule has 2 aliphatic heterocycles. The van der Waals surface area contributed by atoms with E-state index in [0.717, 1.165) is 45.4 Å². The smallest absolute Gasteiger partial charge is 0.243 e. The van der Waals surface area contributed by atoms with E-state index in [9.17, 15) is 9.59 Å². The molecule has 1 aromatic rings. The van der Waals surface area contributed by atoms with E-state index in [1.165, 1.54) is 17.8 Å². The maximum Gasteiger partial charge on any atom is 0.243 e. The number of anilines is 1. The van der Waals surface area contributed by atoms with Gasteiger partial charge in [-0.05, 0) is 51.6 Å². The Labute approximate surface area is 153 Å². The number of carbonyl (C=O) groups excluding carboxylic acids is 2. The van der Waals surface area contributed by atoms with Crippen molar-refractivity contribution in [1.82, 2.24) is 14.8 Å². The fourth-order valence-electron chi connectivity index (χ4n) is 3.84. The van der Waals surface area contributed by atoms with Crippen LogP contribution in [0.3, 0.4) is 0 Å². The van der Waals surface area contributed by atoms with Gasteiger partial charge in [-0.3, -0.25) is 14.5 Å². The van der Waals surface area contributed by atoms with Gasteiger partial charge in [0.25, 0.3) is 0 Å². The molecule has 0 spiro atoms. The minimum absolute atomic E-state index is 0.0235. The zero-order chi connectivity index (χ0) is 17.8. The van der Waals surface area contributed by atoms with Crippen molar-refractivity contribution in [3.8, 4) is 0 Å². The highest BCUT2D eigenvalue weighted by molar-refractivity contribution is 7.13. The van der Waals surface area contributed by atoms with E-state index in [4.69, 9.17) is 0 Å². The van der Waals surface area contributed by atoms with Crippen molar-refractivity contribution in [2.45, 2.75) is 45.6 Å². The van der Waals surface area contributed by atoms with E-state index in [1.54, 1.807) is 6.20 Å². The van der Waals surface area contributed by atoms with Gasteiger partial charge in [0.05, 0.1) is 6.04 Å². The van der Waals surface area contributed by atoms with Gasteiger partial charge in [-0.2, -0.15) is 0 Å². The van der Waals surface area contributed by atoms with Crippen LogP contribution in [0.4, 0.5) is 5.13 Å². The fourth-order valence-corrected chi connectivity index (χ4v) is 4.37. The van der Waals surface area contributed by atoms with Crippen molar-refractivity contribution in [3.63, 3.8) is 0 Å². The van der Waals surface area contributed by atoms with Crippen LogP contribution in [0.15, 0.2) is 11.6 Å². The third-order valence-electron chi connectivity index (χ3n) is 5.44. The molecule has 3 heterocycles. The zero-order valence-corrected chi connectivity index (χ0v) is 15.9. The molecule has 0 aromatic carbocycles. The van der Waals surface area contributed by atoms with Crippen molar-refractivity contribution in [2.24, 2.45) is 11.8 Å². The molecule has 2 fully saturated rings. The number of nitrogens with one attached hydrogen (secondary N) is 1. The number of carbonyl (C=O) groups is 2. The number of hydrogen-bond donors (Lipinski definition) is 1. The Hall–Kier alpha value is -1.47. The summed E-state index contributed by atoms with van der Waals surface area (Å²) in [4.78, 5) is 33.4. The van der Waals surface area contributed by atoms with Crippen LogP contribution in [-0.2, 0) is 9.59 Å². The fraction of sp³-hybridized carbons (Fsp3) is 0.722. The minimum Gasteiger partial charge on any atom is -0.342 e. The van der Waals surface area contributed by atoms with E-state index >= 15 is 0 Å².